The largest absolute Gasteiger partial charge is 0.647 e. The second-order valence-electron chi connectivity index (χ2n) is 4.82. The van der Waals surface area contributed by atoms with Crippen molar-refractivity contribution in [2.45, 2.75) is 39.2 Å². The third kappa shape index (κ3) is 2.38. The van der Waals surface area contributed by atoms with Crippen LogP contribution >= 0.6 is 0 Å². The van der Waals surface area contributed by atoms with Crippen molar-refractivity contribution in [3.63, 3.8) is 0 Å². The molecule has 87 valence electrons. The van der Waals surface area contributed by atoms with Gasteiger partial charge in [-0.25, -0.2) is 0 Å². The van der Waals surface area contributed by atoms with Gasteiger partial charge in [0.25, 0.3) is 0 Å². The van der Waals surface area contributed by atoms with Gasteiger partial charge in [-0.2, -0.15) is 0 Å². The molecule has 4 atom stereocenters. The van der Waals surface area contributed by atoms with Crippen molar-refractivity contribution in [3.05, 3.63) is 5.32 Å². The number of hydrogen-bond acceptors (Lipinski definition) is 2. The number of carbonyl (C=O) groups is 2. The van der Waals surface area contributed by atoms with Crippen molar-refractivity contribution in [1.29, 1.82) is 0 Å². The maximum Gasteiger partial charge on any atom is 0.136 e. The molecule has 1 radical (unpaired) electrons. The Morgan fingerprint density at radius 2 is 1.75 bits per heavy atom. The molecule has 1 aliphatic carbocycles. The number of amides is 1. The first-order chi connectivity index (χ1) is 6.47. The Kier molecular flexibility index (Phi) is 6.05. The zero-order valence-electron chi connectivity index (χ0n) is 9.90. The molecule has 1 spiro atoms. The van der Waals surface area contributed by atoms with Crippen LogP contribution in [0, 0.1) is 17.8 Å². The first kappa shape index (κ1) is 16.9. The molecule has 0 bridgehead atoms. The van der Waals surface area contributed by atoms with Gasteiger partial charge < -0.3 is 10.1 Å². The van der Waals surface area contributed by atoms with Crippen LogP contribution in [-0.2, 0) is 63.4 Å². The minimum Gasteiger partial charge on any atom is -0.647 e. The Labute approximate surface area is 136 Å². The van der Waals surface area contributed by atoms with Crippen molar-refractivity contribution in [2.75, 3.05) is 0 Å². The van der Waals surface area contributed by atoms with Crippen LogP contribution in [0.15, 0.2) is 0 Å². The normalized spacial score (nSPS) is 41.6. The molecular weight excluding hydrogens is 451 g/mol. The smallest absolute Gasteiger partial charge is 0.136 e. The van der Waals surface area contributed by atoms with Crippen molar-refractivity contribution >= 4 is 11.7 Å². The summed E-state index contributed by atoms with van der Waals surface area (Å²) in [6, 6.07) is 0. The zero-order valence-corrected chi connectivity index (χ0v) is 15.7. The van der Waals surface area contributed by atoms with E-state index in [0.29, 0.717) is 18.6 Å². The molecule has 0 aromatic heterocycles. The Morgan fingerprint density at radius 1 is 1.25 bits per heavy atom. The molecule has 1 saturated heterocycles. The van der Waals surface area contributed by atoms with Crippen molar-refractivity contribution < 1.29 is 63.4 Å². The number of rotatable bonds is 0. The monoisotopic (exact) mass is 467 g/mol. The summed E-state index contributed by atoms with van der Waals surface area (Å²) < 4.78 is 0. The average molecular weight is 467 g/mol. The van der Waals surface area contributed by atoms with Crippen molar-refractivity contribution in [2.24, 2.45) is 17.8 Å². The molecule has 2 fully saturated rings. The van der Waals surface area contributed by atoms with E-state index in [4.69, 9.17) is 0 Å². The molecule has 0 aromatic carbocycles. The first-order valence-corrected chi connectivity index (χ1v) is 5.26. The van der Waals surface area contributed by atoms with Gasteiger partial charge in [0.1, 0.15) is 5.78 Å². The molecule has 2 aliphatic rings. The summed E-state index contributed by atoms with van der Waals surface area (Å²) >= 11 is 0. The average Bonchev–Trinajstić information content (AvgIpc) is 2.07. The first-order valence-electron chi connectivity index (χ1n) is 5.26. The maximum atomic E-state index is 11.6. The molecule has 1 amide bonds. The Morgan fingerprint density at radius 3 is 2.19 bits per heavy atom. The minimum absolute atomic E-state index is 0. The molecule has 1 saturated carbocycles. The fourth-order valence-corrected chi connectivity index (χ4v) is 2.83. The van der Waals surface area contributed by atoms with Gasteiger partial charge in [-0.1, -0.05) is 26.3 Å². The quantitative estimate of drug-likeness (QED) is 0.512. The van der Waals surface area contributed by atoms with Gasteiger partial charge in [-0.3, -0.25) is 4.79 Å². The molecule has 16 heavy (non-hydrogen) atoms. The number of hydrogen-bond donors (Lipinski definition) is 0. The van der Waals surface area contributed by atoms with Gasteiger partial charge in [-0.15, -0.1) is 0 Å². The SMILES string of the molecule is CC1C(=O)CC(C)C2(CC(=O)[N-]2)C1C.[W].[Y]. The summed E-state index contributed by atoms with van der Waals surface area (Å²) in [5.74, 6) is 0.842. The van der Waals surface area contributed by atoms with Crippen LogP contribution in [0.25, 0.3) is 5.32 Å². The van der Waals surface area contributed by atoms with Gasteiger partial charge in [0.2, 0.25) is 0 Å². The third-order valence-electron chi connectivity index (χ3n) is 4.17. The van der Waals surface area contributed by atoms with Crippen LogP contribution in [0.3, 0.4) is 0 Å². The molecule has 1 aliphatic heterocycles. The van der Waals surface area contributed by atoms with E-state index in [1.54, 1.807) is 0 Å². The summed E-state index contributed by atoms with van der Waals surface area (Å²) in [6.45, 7) is 6.04. The number of carbonyl (C=O) groups excluding carboxylic acids is 2. The second-order valence-corrected chi connectivity index (χ2v) is 4.82. The number of ketones is 1. The van der Waals surface area contributed by atoms with Gasteiger partial charge in [0, 0.05) is 66.1 Å². The summed E-state index contributed by atoms with van der Waals surface area (Å²) in [6.07, 6.45) is 1.13. The Balaban J connectivity index is 0.00000112. The van der Waals surface area contributed by atoms with Gasteiger partial charge >= 0.3 is 0 Å². The van der Waals surface area contributed by atoms with E-state index in [0.717, 1.165) is 0 Å². The molecule has 1 heterocycles. The fraction of sp³-hybridized carbons (Fsp3) is 0.818. The van der Waals surface area contributed by atoms with E-state index < -0.39 is 0 Å². The third-order valence-corrected chi connectivity index (χ3v) is 4.17. The van der Waals surface area contributed by atoms with Gasteiger partial charge in [0.15, 0.2) is 0 Å². The van der Waals surface area contributed by atoms with E-state index in [1.807, 2.05) is 20.8 Å². The standard InChI is InChI=1S/C11H17NO2.W.Y/c1-6-4-9(13)7(2)8(3)11(6)5-10(14)12-11;;/h6-8H,4-5H2,1-3H3,(H,12,14);;/p-1. The van der Waals surface area contributed by atoms with Crippen molar-refractivity contribution in [1.82, 2.24) is 0 Å². The molecule has 3 nitrogen and oxygen atoms in total. The van der Waals surface area contributed by atoms with Crippen molar-refractivity contribution in [3.8, 4) is 0 Å². The summed E-state index contributed by atoms with van der Waals surface area (Å²) in [5.41, 5.74) is -0.204. The van der Waals surface area contributed by atoms with Crippen LogP contribution in [0.5, 0.6) is 0 Å². The summed E-state index contributed by atoms with van der Waals surface area (Å²) in [7, 11) is 0. The van der Waals surface area contributed by atoms with E-state index in [9.17, 15) is 9.59 Å². The van der Waals surface area contributed by atoms with Crippen LogP contribution in [0.4, 0.5) is 0 Å². The Hall–Kier alpha value is 0.932. The number of β-lactam (4-membered cyclic amide) rings is 1. The maximum absolute atomic E-state index is 11.6. The van der Waals surface area contributed by atoms with Crippen LogP contribution in [-0.4, -0.2) is 17.2 Å². The van der Waals surface area contributed by atoms with E-state index >= 15 is 0 Å². The van der Waals surface area contributed by atoms with E-state index in [1.165, 1.54) is 0 Å². The molecule has 0 aromatic rings. The van der Waals surface area contributed by atoms with Crippen LogP contribution < -0.4 is 0 Å². The topological polar surface area (TPSA) is 48.2 Å². The van der Waals surface area contributed by atoms with Crippen LogP contribution in [0.2, 0.25) is 0 Å². The molecule has 5 heteroatoms. The predicted molar refractivity (Wildman–Crippen MR) is 52.8 cm³/mol. The molecule has 2 rings (SSSR count). The van der Waals surface area contributed by atoms with E-state index in [2.05, 4.69) is 5.32 Å². The molecular formula is C11H16NO2WY-. The predicted octanol–water partition coefficient (Wildman–Crippen LogP) is 1.91. The Bertz CT molecular complexity index is 300. The summed E-state index contributed by atoms with van der Waals surface area (Å²) in [5, 5.41) is 4.17. The zero-order chi connectivity index (χ0) is 10.5. The number of nitrogens with zero attached hydrogens (tertiary/aromatic N) is 1. The minimum atomic E-state index is -0.204. The van der Waals surface area contributed by atoms with Gasteiger partial charge in [0.05, 0.1) is 5.91 Å². The molecule has 0 N–H and O–H groups in total. The second kappa shape index (κ2) is 5.71. The molecule has 4 unspecified atom stereocenters. The van der Waals surface area contributed by atoms with E-state index in [-0.39, 0.29) is 83.0 Å². The fourth-order valence-electron chi connectivity index (χ4n) is 2.83. The van der Waals surface area contributed by atoms with Gasteiger partial charge in [-0.05, 0) is 18.3 Å². The number of Topliss-reactive ketones (excluding diaryl/α,β-unsaturated/α-hetero) is 1. The van der Waals surface area contributed by atoms with Crippen LogP contribution in [0.1, 0.15) is 33.6 Å². The summed E-state index contributed by atoms with van der Waals surface area (Å²) in [4.78, 5) is 22.6.